The highest BCUT2D eigenvalue weighted by Gasteiger charge is 2.25. The molecule has 4 N–H and O–H groups in total. The van der Waals surface area contributed by atoms with E-state index in [1.807, 2.05) is 0 Å². The number of nitro groups is 1. The van der Waals surface area contributed by atoms with E-state index in [4.69, 9.17) is 10.8 Å². The molecule has 1 rings (SSSR count). The summed E-state index contributed by atoms with van der Waals surface area (Å²) < 4.78 is 0. The van der Waals surface area contributed by atoms with Crippen molar-refractivity contribution < 1.29 is 19.6 Å². The van der Waals surface area contributed by atoms with Gasteiger partial charge >= 0.3 is 5.97 Å². The number of aromatic carboxylic acids is 1. The van der Waals surface area contributed by atoms with E-state index in [-0.39, 0.29) is 23.5 Å². The Hall–Kier alpha value is -2.64. The molecule has 1 amide bonds. The van der Waals surface area contributed by atoms with Crippen molar-refractivity contribution in [2.75, 3.05) is 11.9 Å². The summed E-state index contributed by atoms with van der Waals surface area (Å²) in [5.74, 6) is -1.79. The highest BCUT2D eigenvalue weighted by molar-refractivity contribution is 5.95. The Morgan fingerprint density at radius 1 is 1.45 bits per heavy atom. The second-order valence-electron chi connectivity index (χ2n) is 4.89. The second-order valence-corrected chi connectivity index (χ2v) is 4.89. The molecule has 1 aromatic carbocycles. The minimum absolute atomic E-state index is 0.0593. The SMILES string of the molecule is CC(C)(CNc1cc([N+](=O)[O-])ccc1C(=O)O)C(N)=O. The molecule has 0 bridgehead atoms. The van der Waals surface area contributed by atoms with Gasteiger partial charge in [-0.25, -0.2) is 4.79 Å². The van der Waals surface area contributed by atoms with Gasteiger partial charge in [-0.05, 0) is 19.9 Å². The fourth-order valence-corrected chi connectivity index (χ4v) is 1.38. The number of anilines is 1. The Labute approximate surface area is 114 Å². The third-order valence-corrected chi connectivity index (χ3v) is 2.83. The smallest absolute Gasteiger partial charge is 0.337 e. The maximum atomic E-state index is 11.2. The number of hydrogen-bond donors (Lipinski definition) is 3. The standard InChI is InChI=1S/C12H15N3O5/c1-12(2,11(13)18)6-14-9-5-7(15(19)20)3-4-8(9)10(16)17/h3-5,14H,6H2,1-2H3,(H2,13,18)(H,16,17). The van der Waals surface area contributed by atoms with E-state index >= 15 is 0 Å². The Balaban J connectivity index is 3.08. The molecule has 8 heteroatoms. The predicted octanol–water partition coefficient (Wildman–Crippen LogP) is 1.22. The molecule has 0 aliphatic heterocycles. The fourth-order valence-electron chi connectivity index (χ4n) is 1.38. The van der Waals surface area contributed by atoms with Gasteiger partial charge in [0.1, 0.15) is 0 Å². The van der Waals surface area contributed by atoms with Crippen LogP contribution in [0.25, 0.3) is 0 Å². The van der Waals surface area contributed by atoms with E-state index in [0.717, 1.165) is 18.2 Å². The number of hydrogen-bond acceptors (Lipinski definition) is 5. The molecule has 0 fully saturated rings. The van der Waals surface area contributed by atoms with Crippen molar-refractivity contribution in [1.82, 2.24) is 0 Å². The lowest BCUT2D eigenvalue weighted by Gasteiger charge is -2.22. The number of rotatable bonds is 6. The summed E-state index contributed by atoms with van der Waals surface area (Å²) >= 11 is 0. The molecule has 0 unspecified atom stereocenters. The molecule has 0 saturated heterocycles. The molecule has 0 aliphatic rings. The van der Waals surface area contributed by atoms with Gasteiger partial charge in [-0.3, -0.25) is 14.9 Å². The Morgan fingerprint density at radius 3 is 2.50 bits per heavy atom. The molecule has 0 atom stereocenters. The van der Waals surface area contributed by atoms with Crippen molar-refractivity contribution in [3.05, 3.63) is 33.9 Å². The first kappa shape index (κ1) is 15.4. The molecule has 0 aromatic heterocycles. The van der Waals surface area contributed by atoms with E-state index in [1.165, 1.54) is 0 Å². The Bertz CT molecular complexity index is 568. The quantitative estimate of drug-likeness (QED) is 0.529. The second kappa shape index (κ2) is 5.55. The molecule has 20 heavy (non-hydrogen) atoms. The highest BCUT2D eigenvalue weighted by Crippen LogP contribution is 2.24. The molecular weight excluding hydrogens is 266 g/mol. The molecule has 108 valence electrons. The lowest BCUT2D eigenvalue weighted by molar-refractivity contribution is -0.384. The van der Waals surface area contributed by atoms with Gasteiger partial charge in [-0.2, -0.15) is 0 Å². The van der Waals surface area contributed by atoms with Gasteiger partial charge in [0, 0.05) is 18.7 Å². The molecular formula is C12H15N3O5. The minimum Gasteiger partial charge on any atom is -0.478 e. The van der Waals surface area contributed by atoms with Crippen molar-refractivity contribution in [2.24, 2.45) is 11.1 Å². The van der Waals surface area contributed by atoms with Crippen LogP contribution >= 0.6 is 0 Å². The van der Waals surface area contributed by atoms with Crippen LogP contribution in [0.4, 0.5) is 11.4 Å². The van der Waals surface area contributed by atoms with Gasteiger partial charge in [0.25, 0.3) is 5.69 Å². The number of benzene rings is 1. The summed E-state index contributed by atoms with van der Waals surface area (Å²) in [7, 11) is 0. The number of carboxylic acid groups (broad SMARTS) is 1. The third kappa shape index (κ3) is 3.44. The lowest BCUT2D eigenvalue weighted by atomic mass is 9.92. The predicted molar refractivity (Wildman–Crippen MR) is 71.5 cm³/mol. The minimum atomic E-state index is -1.22. The zero-order valence-electron chi connectivity index (χ0n) is 11.0. The first-order valence-corrected chi connectivity index (χ1v) is 5.70. The van der Waals surface area contributed by atoms with Gasteiger partial charge in [-0.1, -0.05) is 0 Å². The number of nitrogens with zero attached hydrogens (tertiary/aromatic N) is 1. The Kier molecular flexibility index (Phi) is 4.28. The zero-order valence-corrected chi connectivity index (χ0v) is 11.0. The highest BCUT2D eigenvalue weighted by atomic mass is 16.6. The van der Waals surface area contributed by atoms with E-state index in [0.29, 0.717) is 0 Å². The van der Waals surface area contributed by atoms with E-state index < -0.39 is 22.2 Å². The third-order valence-electron chi connectivity index (χ3n) is 2.83. The van der Waals surface area contributed by atoms with Crippen molar-refractivity contribution in [2.45, 2.75) is 13.8 Å². The molecule has 0 aliphatic carbocycles. The summed E-state index contributed by atoms with van der Waals surface area (Å²) in [5.41, 5.74) is 4.00. The van der Waals surface area contributed by atoms with Crippen molar-refractivity contribution in [3.8, 4) is 0 Å². The maximum Gasteiger partial charge on any atom is 0.337 e. The number of nitrogens with one attached hydrogen (secondary N) is 1. The van der Waals surface area contributed by atoms with Crippen LogP contribution in [0.3, 0.4) is 0 Å². The monoisotopic (exact) mass is 281 g/mol. The summed E-state index contributed by atoms with van der Waals surface area (Å²) in [6.07, 6.45) is 0. The van der Waals surface area contributed by atoms with Crippen LogP contribution in [0.2, 0.25) is 0 Å². The Morgan fingerprint density at radius 2 is 2.05 bits per heavy atom. The van der Waals surface area contributed by atoms with Crippen molar-refractivity contribution in [3.63, 3.8) is 0 Å². The van der Waals surface area contributed by atoms with Crippen molar-refractivity contribution in [1.29, 1.82) is 0 Å². The lowest BCUT2D eigenvalue weighted by Crippen LogP contribution is -2.37. The summed E-state index contributed by atoms with van der Waals surface area (Å²) in [4.78, 5) is 32.3. The first-order chi connectivity index (χ1) is 9.15. The van der Waals surface area contributed by atoms with E-state index in [9.17, 15) is 19.7 Å². The number of non-ortho nitro benzene ring substituents is 1. The number of nitro benzene ring substituents is 1. The number of primary amides is 1. The van der Waals surface area contributed by atoms with Crippen LogP contribution in [-0.4, -0.2) is 28.5 Å². The van der Waals surface area contributed by atoms with Gasteiger partial charge in [0.15, 0.2) is 0 Å². The topological polar surface area (TPSA) is 136 Å². The van der Waals surface area contributed by atoms with Gasteiger partial charge in [0.2, 0.25) is 5.91 Å². The van der Waals surface area contributed by atoms with Crippen LogP contribution in [0.15, 0.2) is 18.2 Å². The number of carboxylic acids is 1. The number of carbonyl (C=O) groups excluding carboxylic acids is 1. The molecule has 8 nitrogen and oxygen atoms in total. The van der Waals surface area contributed by atoms with Gasteiger partial charge in [-0.15, -0.1) is 0 Å². The van der Waals surface area contributed by atoms with Gasteiger partial charge in [0.05, 0.1) is 21.6 Å². The number of carbonyl (C=O) groups is 2. The zero-order chi connectivity index (χ0) is 15.5. The van der Waals surface area contributed by atoms with E-state index in [1.54, 1.807) is 13.8 Å². The van der Waals surface area contributed by atoms with Crippen LogP contribution in [-0.2, 0) is 4.79 Å². The summed E-state index contributed by atoms with van der Waals surface area (Å²) in [6.45, 7) is 3.23. The van der Waals surface area contributed by atoms with E-state index in [2.05, 4.69) is 5.32 Å². The molecule has 0 heterocycles. The molecule has 0 radical (unpaired) electrons. The first-order valence-electron chi connectivity index (χ1n) is 5.70. The summed E-state index contributed by atoms with van der Waals surface area (Å²) in [5, 5.41) is 22.5. The molecule has 0 saturated carbocycles. The molecule has 0 spiro atoms. The largest absolute Gasteiger partial charge is 0.478 e. The van der Waals surface area contributed by atoms with Gasteiger partial charge < -0.3 is 16.2 Å². The normalized spacial score (nSPS) is 10.9. The molecule has 1 aromatic rings. The van der Waals surface area contributed by atoms with Crippen LogP contribution in [0.5, 0.6) is 0 Å². The number of amides is 1. The average Bonchev–Trinajstić information content (AvgIpc) is 2.35. The number of nitrogens with two attached hydrogens (primary N) is 1. The van der Waals surface area contributed by atoms with Crippen LogP contribution < -0.4 is 11.1 Å². The average molecular weight is 281 g/mol. The van der Waals surface area contributed by atoms with Crippen LogP contribution in [0, 0.1) is 15.5 Å². The van der Waals surface area contributed by atoms with Crippen LogP contribution in [0.1, 0.15) is 24.2 Å². The summed E-state index contributed by atoms with van der Waals surface area (Å²) in [6, 6.07) is 3.36. The fraction of sp³-hybridized carbons (Fsp3) is 0.333. The maximum absolute atomic E-state index is 11.2. The van der Waals surface area contributed by atoms with Crippen molar-refractivity contribution >= 4 is 23.3 Å².